The minimum atomic E-state index is -0.468. The van der Waals surface area contributed by atoms with Crippen molar-refractivity contribution in [3.05, 3.63) is 23.8 Å². The highest BCUT2D eigenvalue weighted by Crippen LogP contribution is 2.28. The highest BCUT2D eigenvalue weighted by atomic mass is 16.5. The lowest BCUT2D eigenvalue weighted by atomic mass is 10.2. The number of methoxy groups -OCH3 is 2. The van der Waals surface area contributed by atoms with Gasteiger partial charge in [0, 0.05) is 13.2 Å². The van der Waals surface area contributed by atoms with Gasteiger partial charge >= 0.3 is 5.97 Å². The molecule has 1 aromatic carbocycles. The molecule has 1 unspecified atom stereocenters. The second-order valence-electron chi connectivity index (χ2n) is 5.09. The zero-order valence-corrected chi connectivity index (χ0v) is 13.3. The van der Waals surface area contributed by atoms with Crippen LogP contribution in [0.5, 0.6) is 11.5 Å². The summed E-state index contributed by atoms with van der Waals surface area (Å²) in [4.78, 5) is 23.3. The minimum Gasteiger partial charge on any atom is -0.493 e. The zero-order valence-electron chi connectivity index (χ0n) is 13.3. The van der Waals surface area contributed by atoms with Crippen LogP contribution < -0.4 is 14.8 Å². The summed E-state index contributed by atoms with van der Waals surface area (Å²) in [7, 11) is 2.76. The average molecular weight is 323 g/mol. The molecule has 1 atom stereocenters. The normalized spacial score (nSPS) is 16.7. The lowest BCUT2D eigenvalue weighted by Crippen LogP contribution is -2.35. The Bertz CT molecular complexity index is 554. The van der Waals surface area contributed by atoms with Crippen molar-refractivity contribution in [3.63, 3.8) is 0 Å². The number of rotatable bonds is 7. The molecule has 0 bridgehead atoms. The van der Waals surface area contributed by atoms with Crippen LogP contribution in [0, 0.1) is 0 Å². The summed E-state index contributed by atoms with van der Waals surface area (Å²) in [6, 6.07) is 4.62. The standard InChI is InChI=1S/C16H21NO6/c1-20-14-8-11(16(19)21-2)5-6-13(14)23-10-15(18)17-9-12-4-3-7-22-12/h5-6,8,12H,3-4,7,9-10H2,1-2H3,(H,17,18). The molecule has 0 radical (unpaired) electrons. The van der Waals surface area contributed by atoms with Crippen molar-refractivity contribution in [2.45, 2.75) is 18.9 Å². The maximum atomic E-state index is 11.8. The number of benzene rings is 1. The molecule has 7 heteroatoms. The third-order valence-corrected chi connectivity index (χ3v) is 3.49. The smallest absolute Gasteiger partial charge is 0.337 e. The molecule has 1 fully saturated rings. The molecule has 1 heterocycles. The van der Waals surface area contributed by atoms with Gasteiger partial charge in [-0.15, -0.1) is 0 Å². The monoisotopic (exact) mass is 323 g/mol. The van der Waals surface area contributed by atoms with Gasteiger partial charge < -0.3 is 24.3 Å². The Morgan fingerprint density at radius 1 is 1.30 bits per heavy atom. The lowest BCUT2D eigenvalue weighted by molar-refractivity contribution is -0.123. The Morgan fingerprint density at radius 2 is 2.13 bits per heavy atom. The van der Waals surface area contributed by atoms with Crippen LogP contribution in [0.15, 0.2) is 18.2 Å². The summed E-state index contributed by atoms with van der Waals surface area (Å²) in [6.07, 6.45) is 2.08. The Morgan fingerprint density at radius 3 is 2.78 bits per heavy atom. The predicted molar refractivity (Wildman–Crippen MR) is 81.8 cm³/mol. The maximum absolute atomic E-state index is 11.8. The topological polar surface area (TPSA) is 83.1 Å². The number of esters is 1. The highest BCUT2D eigenvalue weighted by molar-refractivity contribution is 5.90. The van der Waals surface area contributed by atoms with E-state index in [1.54, 1.807) is 12.1 Å². The van der Waals surface area contributed by atoms with E-state index in [2.05, 4.69) is 10.1 Å². The minimum absolute atomic E-state index is 0.0906. The molecule has 1 amide bonds. The van der Waals surface area contributed by atoms with Gasteiger partial charge in [0.05, 0.1) is 25.9 Å². The molecule has 1 aliphatic rings. The van der Waals surface area contributed by atoms with Crippen LogP contribution in [0.2, 0.25) is 0 Å². The third-order valence-electron chi connectivity index (χ3n) is 3.49. The van der Waals surface area contributed by atoms with Gasteiger partial charge in [0.2, 0.25) is 0 Å². The van der Waals surface area contributed by atoms with E-state index in [1.165, 1.54) is 20.3 Å². The van der Waals surface area contributed by atoms with Crippen LogP contribution >= 0.6 is 0 Å². The Labute approximate surface area is 134 Å². The van der Waals surface area contributed by atoms with Gasteiger partial charge in [-0.25, -0.2) is 4.79 Å². The van der Waals surface area contributed by atoms with Crippen LogP contribution in [-0.2, 0) is 14.3 Å². The molecule has 2 rings (SSSR count). The van der Waals surface area contributed by atoms with E-state index in [-0.39, 0.29) is 18.6 Å². The number of ether oxygens (including phenoxy) is 4. The van der Waals surface area contributed by atoms with E-state index in [0.29, 0.717) is 23.6 Å². The van der Waals surface area contributed by atoms with E-state index in [9.17, 15) is 9.59 Å². The molecule has 1 N–H and O–H groups in total. The van der Waals surface area contributed by atoms with Gasteiger partial charge in [0.15, 0.2) is 18.1 Å². The first-order valence-corrected chi connectivity index (χ1v) is 7.41. The van der Waals surface area contributed by atoms with Crippen molar-refractivity contribution in [1.29, 1.82) is 0 Å². The number of carbonyl (C=O) groups excluding carboxylic acids is 2. The number of hydrogen-bond acceptors (Lipinski definition) is 6. The fourth-order valence-corrected chi connectivity index (χ4v) is 2.26. The van der Waals surface area contributed by atoms with Gasteiger partial charge in [-0.05, 0) is 31.0 Å². The molecule has 0 spiro atoms. The lowest BCUT2D eigenvalue weighted by Gasteiger charge is -2.13. The summed E-state index contributed by atoms with van der Waals surface area (Å²) >= 11 is 0. The van der Waals surface area contributed by atoms with Crippen molar-refractivity contribution in [2.24, 2.45) is 0 Å². The number of hydrogen-bond donors (Lipinski definition) is 1. The Hall–Kier alpha value is -2.28. The number of carbonyl (C=O) groups is 2. The van der Waals surface area contributed by atoms with Gasteiger partial charge in [0.1, 0.15) is 0 Å². The first-order valence-electron chi connectivity index (χ1n) is 7.41. The Balaban J connectivity index is 1.86. The van der Waals surface area contributed by atoms with Crippen molar-refractivity contribution >= 4 is 11.9 Å². The molecule has 1 aromatic rings. The third kappa shape index (κ3) is 4.85. The summed E-state index contributed by atoms with van der Waals surface area (Å²) in [5, 5.41) is 2.77. The first kappa shape index (κ1) is 17.1. The van der Waals surface area contributed by atoms with Gasteiger partial charge in [0.25, 0.3) is 5.91 Å². The van der Waals surface area contributed by atoms with Crippen molar-refractivity contribution in [2.75, 3.05) is 34.0 Å². The van der Waals surface area contributed by atoms with Gasteiger partial charge in [-0.2, -0.15) is 0 Å². The van der Waals surface area contributed by atoms with Crippen LogP contribution in [-0.4, -0.2) is 52.0 Å². The molecule has 126 valence electrons. The molecule has 0 aliphatic carbocycles. The van der Waals surface area contributed by atoms with Gasteiger partial charge in [-0.1, -0.05) is 0 Å². The molecular weight excluding hydrogens is 302 g/mol. The molecular formula is C16H21NO6. The average Bonchev–Trinajstić information content (AvgIpc) is 3.10. The maximum Gasteiger partial charge on any atom is 0.337 e. The fourth-order valence-electron chi connectivity index (χ4n) is 2.26. The summed E-state index contributed by atoms with van der Waals surface area (Å²) in [6.45, 7) is 1.10. The summed E-state index contributed by atoms with van der Waals surface area (Å²) < 4.78 is 20.7. The van der Waals surface area contributed by atoms with Crippen molar-refractivity contribution in [1.82, 2.24) is 5.32 Å². The van der Waals surface area contributed by atoms with Gasteiger partial charge in [-0.3, -0.25) is 4.79 Å². The van der Waals surface area contributed by atoms with Crippen LogP contribution in [0.1, 0.15) is 23.2 Å². The van der Waals surface area contributed by atoms with Crippen LogP contribution in [0.25, 0.3) is 0 Å². The fraction of sp³-hybridized carbons (Fsp3) is 0.500. The number of amides is 1. The quantitative estimate of drug-likeness (QED) is 0.758. The van der Waals surface area contributed by atoms with Crippen LogP contribution in [0.4, 0.5) is 0 Å². The molecule has 23 heavy (non-hydrogen) atoms. The molecule has 0 saturated carbocycles. The highest BCUT2D eigenvalue weighted by Gasteiger charge is 2.17. The van der Waals surface area contributed by atoms with Crippen molar-refractivity contribution in [3.8, 4) is 11.5 Å². The molecule has 7 nitrogen and oxygen atoms in total. The summed E-state index contributed by atoms with van der Waals surface area (Å²) in [5.74, 6) is 0.0380. The van der Waals surface area contributed by atoms with Crippen LogP contribution in [0.3, 0.4) is 0 Å². The van der Waals surface area contributed by atoms with Crippen molar-refractivity contribution < 1.29 is 28.5 Å². The van der Waals surface area contributed by atoms with E-state index >= 15 is 0 Å². The molecule has 1 saturated heterocycles. The SMILES string of the molecule is COC(=O)c1ccc(OCC(=O)NCC2CCCO2)c(OC)c1. The second-order valence-corrected chi connectivity index (χ2v) is 5.09. The molecule has 0 aromatic heterocycles. The second kappa shape index (κ2) is 8.38. The summed E-state index contributed by atoms with van der Waals surface area (Å²) in [5.41, 5.74) is 0.347. The predicted octanol–water partition coefficient (Wildman–Crippen LogP) is 1.16. The first-order chi connectivity index (χ1) is 11.1. The molecule has 1 aliphatic heterocycles. The largest absolute Gasteiger partial charge is 0.493 e. The zero-order chi connectivity index (χ0) is 16.7. The number of nitrogens with one attached hydrogen (secondary N) is 1. The van der Waals surface area contributed by atoms with E-state index in [4.69, 9.17) is 14.2 Å². The van der Waals surface area contributed by atoms with E-state index < -0.39 is 5.97 Å². The van der Waals surface area contributed by atoms with E-state index in [0.717, 1.165) is 19.4 Å². The van der Waals surface area contributed by atoms with E-state index in [1.807, 2.05) is 0 Å². The Kier molecular flexibility index (Phi) is 6.22.